The van der Waals surface area contributed by atoms with Crippen LogP contribution in [0, 0.1) is 11.3 Å². The Labute approximate surface area is 123 Å². The standard InChI is InChI=1S/C14H23ClF3NO/c1-11(2)9-13(5-3-4-6-13)12(20)19(8-7-15)10-14(16,17)18/h11H,3-10H2,1-2H3. The number of carbonyl (C=O) groups excluding carboxylic acids is 1. The van der Waals surface area contributed by atoms with E-state index in [9.17, 15) is 18.0 Å². The number of rotatable bonds is 6. The van der Waals surface area contributed by atoms with Gasteiger partial charge in [-0.1, -0.05) is 26.7 Å². The van der Waals surface area contributed by atoms with Crippen molar-refractivity contribution in [3.63, 3.8) is 0 Å². The van der Waals surface area contributed by atoms with Crippen LogP contribution in [0.15, 0.2) is 0 Å². The smallest absolute Gasteiger partial charge is 0.332 e. The minimum atomic E-state index is -4.38. The summed E-state index contributed by atoms with van der Waals surface area (Å²) in [6.45, 7) is 2.77. The number of carbonyl (C=O) groups is 1. The van der Waals surface area contributed by atoms with Crippen molar-refractivity contribution in [3.8, 4) is 0 Å². The third-order valence-corrected chi connectivity index (χ3v) is 3.99. The SMILES string of the molecule is CC(C)CC1(C(=O)N(CCCl)CC(F)(F)F)CCCC1. The number of amides is 1. The van der Waals surface area contributed by atoms with Gasteiger partial charge in [-0.25, -0.2) is 0 Å². The van der Waals surface area contributed by atoms with Crippen LogP contribution in [0.3, 0.4) is 0 Å². The zero-order valence-electron chi connectivity index (χ0n) is 12.1. The maximum Gasteiger partial charge on any atom is 0.406 e. The summed E-state index contributed by atoms with van der Waals surface area (Å²) in [5.41, 5.74) is -0.606. The average Bonchev–Trinajstić information content (AvgIpc) is 2.74. The molecule has 1 amide bonds. The van der Waals surface area contributed by atoms with E-state index in [4.69, 9.17) is 11.6 Å². The predicted molar refractivity (Wildman–Crippen MR) is 73.7 cm³/mol. The van der Waals surface area contributed by atoms with E-state index in [1.807, 2.05) is 13.8 Å². The van der Waals surface area contributed by atoms with Crippen LogP contribution in [-0.2, 0) is 4.79 Å². The first-order chi connectivity index (χ1) is 9.20. The average molecular weight is 314 g/mol. The Morgan fingerprint density at radius 2 is 1.85 bits per heavy atom. The molecule has 0 aliphatic heterocycles. The Morgan fingerprint density at radius 3 is 2.25 bits per heavy atom. The Morgan fingerprint density at radius 1 is 1.30 bits per heavy atom. The monoisotopic (exact) mass is 313 g/mol. The third kappa shape index (κ3) is 4.83. The molecule has 1 rings (SSSR count). The Bertz CT molecular complexity index is 325. The van der Waals surface area contributed by atoms with Gasteiger partial charge in [0.15, 0.2) is 0 Å². The Kier molecular flexibility index (Phi) is 6.17. The van der Waals surface area contributed by atoms with Gasteiger partial charge >= 0.3 is 6.18 Å². The van der Waals surface area contributed by atoms with Gasteiger partial charge in [0.05, 0.1) is 0 Å². The molecule has 0 aromatic heterocycles. The van der Waals surface area contributed by atoms with Crippen LogP contribution >= 0.6 is 11.6 Å². The summed E-state index contributed by atoms with van der Waals surface area (Å²) in [6.07, 6.45) is -0.498. The molecule has 0 saturated heterocycles. The van der Waals surface area contributed by atoms with Crippen molar-refractivity contribution in [1.29, 1.82) is 0 Å². The van der Waals surface area contributed by atoms with Crippen LogP contribution in [0.1, 0.15) is 46.0 Å². The van der Waals surface area contributed by atoms with Gasteiger partial charge in [-0.2, -0.15) is 13.2 Å². The summed E-state index contributed by atoms with van der Waals surface area (Å²) in [7, 11) is 0. The molecule has 0 aromatic rings. The molecule has 1 saturated carbocycles. The second-order valence-electron chi connectivity index (χ2n) is 6.12. The van der Waals surface area contributed by atoms with E-state index in [0.29, 0.717) is 25.2 Å². The molecule has 0 heterocycles. The minimum absolute atomic E-state index is 0.0274. The number of alkyl halides is 4. The van der Waals surface area contributed by atoms with Crippen molar-refractivity contribution in [3.05, 3.63) is 0 Å². The second-order valence-corrected chi connectivity index (χ2v) is 6.49. The zero-order chi connectivity index (χ0) is 15.4. The van der Waals surface area contributed by atoms with Crippen molar-refractivity contribution < 1.29 is 18.0 Å². The molecule has 0 atom stereocenters. The minimum Gasteiger partial charge on any atom is -0.332 e. The number of halogens is 4. The van der Waals surface area contributed by atoms with E-state index in [2.05, 4.69) is 0 Å². The quantitative estimate of drug-likeness (QED) is 0.672. The largest absolute Gasteiger partial charge is 0.406 e. The molecule has 0 spiro atoms. The molecule has 0 N–H and O–H groups in total. The van der Waals surface area contributed by atoms with E-state index >= 15 is 0 Å². The van der Waals surface area contributed by atoms with Crippen molar-refractivity contribution in [1.82, 2.24) is 4.90 Å². The van der Waals surface area contributed by atoms with Crippen molar-refractivity contribution in [2.75, 3.05) is 19.0 Å². The maximum absolute atomic E-state index is 12.6. The molecule has 0 aromatic carbocycles. The molecule has 20 heavy (non-hydrogen) atoms. The van der Waals surface area contributed by atoms with Crippen LogP contribution in [0.2, 0.25) is 0 Å². The van der Waals surface area contributed by atoms with E-state index in [1.165, 1.54) is 0 Å². The molecule has 0 unspecified atom stereocenters. The van der Waals surface area contributed by atoms with Gasteiger partial charge in [0.2, 0.25) is 5.91 Å². The van der Waals surface area contributed by atoms with Gasteiger partial charge in [-0.05, 0) is 25.2 Å². The lowest BCUT2D eigenvalue weighted by atomic mass is 9.77. The fourth-order valence-corrected chi connectivity index (χ4v) is 3.45. The summed E-state index contributed by atoms with van der Waals surface area (Å²) < 4.78 is 37.9. The van der Waals surface area contributed by atoms with Gasteiger partial charge in [0.1, 0.15) is 6.54 Å². The van der Waals surface area contributed by atoms with Crippen LogP contribution in [0.25, 0.3) is 0 Å². The zero-order valence-corrected chi connectivity index (χ0v) is 12.9. The highest BCUT2D eigenvalue weighted by Crippen LogP contribution is 2.45. The summed E-state index contributed by atoms with van der Waals surface area (Å²) in [6, 6.07) is 0. The first kappa shape index (κ1) is 17.6. The molecule has 0 radical (unpaired) electrons. The van der Waals surface area contributed by atoms with Gasteiger partial charge in [-0.15, -0.1) is 11.6 Å². The predicted octanol–water partition coefficient (Wildman–Crippen LogP) is 4.22. The molecule has 0 bridgehead atoms. The van der Waals surface area contributed by atoms with Crippen molar-refractivity contribution >= 4 is 17.5 Å². The summed E-state index contributed by atoms with van der Waals surface area (Å²) >= 11 is 5.57. The molecular weight excluding hydrogens is 291 g/mol. The van der Waals surface area contributed by atoms with Crippen molar-refractivity contribution in [2.45, 2.75) is 52.1 Å². The highest BCUT2D eigenvalue weighted by atomic mass is 35.5. The van der Waals surface area contributed by atoms with Crippen molar-refractivity contribution in [2.24, 2.45) is 11.3 Å². The van der Waals surface area contributed by atoms with E-state index in [-0.39, 0.29) is 18.3 Å². The third-order valence-electron chi connectivity index (χ3n) is 3.83. The van der Waals surface area contributed by atoms with E-state index in [1.54, 1.807) is 0 Å². The molecular formula is C14H23ClF3NO. The van der Waals surface area contributed by atoms with Crippen LogP contribution in [-0.4, -0.2) is 36.0 Å². The summed E-state index contributed by atoms with van der Waals surface area (Å²) in [4.78, 5) is 13.5. The first-order valence-electron chi connectivity index (χ1n) is 7.12. The molecule has 1 aliphatic rings. The fourth-order valence-electron chi connectivity index (χ4n) is 3.24. The van der Waals surface area contributed by atoms with Gasteiger partial charge in [0, 0.05) is 17.8 Å². The maximum atomic E-state index is 12.6. The lowest BCUT2D eigenvalue weighted by Gasteiger charge is -2.35. The molecule has 6 heteroatoms. The lowest BCUT2D eigenvalue weighted by molar-refractivity contribution is -0.168. The van der Waals surface area contributed by atoms with Gasteiger partial charge in [-0.3, -0.25) is 4.79 Å². The van der Waals surface area contributed by atoms with E-state index in [0.717, 1.165) is 17.7 Å². The number of hydrogen-bond donors (Lipinski definition) is 0. The second kappa shape index (κ2) is 7.01. The summed E-state index contributed by atoms with van der Waals surface area (Å²) in [5.74, 6) is -0.0398. The Balaban J connectivity index is 2.89. The van der Waals surface area contributed by atoms with Crippen LogP contribution < -0.4 is 0 Å². The topological polar surface area (TPSA) is 20.3 Å². The lowest BCUT2D eigenvalue weighted by Crippen LogP contribution is -2.48. The van der Waals surface area contributed by atoms with Crippen LogP contribution in [0.5, 0.6) is 0 Å². The van der Waals surface area contributed by atoms with E-state index < -0.39 is 18.1 Å². The van der Waals surface area contributed by atoms with Crippen LogP contribution in [0.4, 0.5) is 13.2 Å². The highest BCUT2D eigenvalue weighted by molar-refractivity contribution is 6.18. The molecule has 2 nitrogen and oxygen atoms in total. The van der Waals surface area contributed by atoms with Gasteiger partial charge in [0.25, 0.3) is 0 Å². The molecule has 1 aliphatic carbocycles. The van der Waals surface area contributed by atoms with Gasteiger partial charge < -0.3 is 4.90 Å². The fraction of sp³-hybridized carbons (Fsp3) is 0.929. The normalized spacial score (nSPS) is 18.6. The highest BCUT2D eigenvalue weighted by Gasteiger charge is 2.45. The number of nitrogens with zero attached hydrogens (tertiary/aromatic N) is 1. The summed E-state index contributed by atoms with van der Waals surface area (Å²) in [5, 5.41) is 0. The molecule has 118 valence electrons. The first-order valence-corrected chi connectivity index (χ1v) is 7.66. The Hall–Kier alpha value is -0.450. The molecule has 1 fully saturated rings. The number of hydrogen-bond acceptors (Lipinski definition) is 1.